The van der Waals surface area contributed by atoms with E-state index in [2.05, 4.69) is 9.97 Å². The molecule has 0 aliphatic heterocycles. The molecule has 0 saturated heterocycles. The van der Waals surface area contributed by atoms with Crippen molar-refractivity contribution in [2.24, 2.45) is 0 Å². The summed E-state index contributed by atoms with van der Waals surface area (Å²) in [5, 5.41) is 0. The molecule has 4 heteroatoms. The first-order valence-electron chi connectivity index (χ1n) is 3.48. The summed E-state index contributed by atoms with van der Waals surface area (Å²) < 4.78 is 5.05. The maximum atomic E-state index is 5.65. The molecule has 0 saturated carbocycles. The molecule has 0 aliphatic carbocycles. The molecule has 2 heterocycles. The normalized spacial score (nSPS) is 10.0. The number of nitrogens with two attached hydrogens (primary N) is 1. The van der Waals surface area contributed by atoms with Gasteiger partial charge in [-0.1, -0.05) is 0 Å². The second-order valence-corrected chi connectivity index (χ2v) is 2.28. The number of nitrogens with zero attached hydrogens (tertiary/aromatic N) is 2. The topological polar surface area (TPSA) is 64.9 Å². The van der Waals surface area contributed by atoms with Crippen molar-refractivity contribution in [3.8, 4) is 11.6 Å². The van der Waals surface area contributed by atoms with E-state index in [1.165, 1.54) is 6.26 Å². The van der Waals surface area contributed by atoms with E-state index in [0.29, 0.717) is 17.3 Å². The van der Waals surface area contributed by atoms with Crippen LogP contribution in [0.15, 0.2) is 35.2 Å². The number of pyridine rings is 1. The van der Waals surface area contributed by atoms with E-state index in [0.717, 1.165) is 0 Å². The molecule has 0 fully saturated rings. The fourth-order valence-electron chi connectivity index (χ4n) is 0.937. The maximum Gasteiger partial charge on any atom is 0.247 e. The predicted octanol–water partition coefficient (Wildman–Crippen LogP) is 1.32. The van der Waals surface area contributed by atoms with Crippen LogP contribution < -0.4 is 5.73 Å². The number of hydrogen-bond acceptors (Lipinski definition) is 4. The van der Waals surface area contributed by atoms with Crippen LogP contribution in [0, 0.1) is 0 Å². The van der Waals surface area contributed by atoms with Gasteiger partial charge in [-0.05, 0) is 12.1 Å². The molecule has 0 bridgehead atoms. The van der Waals surface area contributed by atoms with E-state index in [4.69, 9.17) is 10.2 Å². The first-order chi connectivity index (χ1) is 5.88. The van der Waals surface area contributed by atoms with Crippen LogP contribution in [-0.4, -0.2) is 9.97 Å². The van der Waals surface area contributed by atoms with Gasteiger partial charge in [-0.3, -0.25) is 0 Å². The molecule has 2 rings (SSSR count). The Labute approximate surface area is 69.1 Å². The lowest BCUT2D eigenvalue weighted by Crippen LogP contribution is -1.91. The van der Waals surface area contributed by atoms with Gasteiger partial charge < -0.3 is 10.2 Å². The quantitative estimate of drug-likeness (QED) is 0.685. The average molecular weight is 161 g/mol. The summed E-state index contributed by atoms with van der Waals surface area (Å²) >= 11 is 0. The first-order valence-corrected chi connectivity index (χ1v) is 3.48. The van der Waals surface area contributed by atoms with Crippen molar-refractivity contribution in [2.45, 2.75) is 0 Å². The van der Waals surface area contributed by atoms with Crippen molar-refractivity contribution < 1.29 is 4.42 Å². The van der Waals surface area contributed by atoms with Crippen LogP contribution in [0.3, 0.4) is 0 Å². The minimum atomic E-state index is 0.452. The van der Waals surface area contributed by atoms with E-state index < -0.39 is 0 Å². The molecule has 12 heavy (non-hydrogen) atoms. The van der Waals surface area contributed by atoms with Crippen molar-refractivity contribution in [3.63, 3.8) is 0 Å². The smallest absolute Gasteiger partial charge is 0.247 e. The van der Waals surface area contributed by atoms with Crippen molar-refractivity contribution in [1.82, 2.24) is 9.97 Å². The van der Waals surface area contributed by atoms with Crippen molar-refractivity contribution in [2.75, 3.05) is 5.73 Å². The molecule has 0 radical (unpaired) electrons. The molecule has 0 aromatic carbocycles. The summed E-state index contributed by atoms with van der Waals surface area (Å²) in [5.74, 6) is 0.452. The molecular formula is C8H7N3O. The zero-order valence-electron chi connectivity index (χ0n) is 6.27. The zero-order valence-corrected chi connectivity index (χ0v) is 6.27. The van der Waals surface area contributed by atoms with Gasteiger partial charge in [0.2, 0.25) is 5.89 Å². The number of oxazole rings is 1. The van der Waals surface area contributed by atoms with Crippen LogP contribution >= 0.6 is 0 Å². The lowest BCUT2D eigenvalue weighted by atomic mass is 10.3. The van der Waals surface area contributed by atoms with Gasteiger partial charge in [-0.15, -0.1) is 0 Å². The maximum absolute atomic E-state index is 5.65. The summed E-state index contributed by atoms with van der Waals surface area (Å²) in [4.78, 5) is 7.98. The Balaban J connectivity index is 2.55. The molecule has 0 aliphatic rings. The summed E-state index contributed by atoms with van der Waals surface area (Å²) in [5.41, 5.74) is 6.80. The third-order valence-corrected chi connectivity index (χ3v) is 1.47. The zero-order chi connectivity index (χ0) is 8.39. The Bertz CT molecular complexity index is 370. The summed E-state index contributed by atoms with van der Waals surface area (Å²) in [6, 6.07) is 3.52. The minimum absolute atomic E-state index is 0.452. The molecule has 0 amide bonds. The van der Waals surface area contributed by atoms with Crippen LogP contribution in [0.2, 0.25) is 0 Å². The van der Waals surface area contributed by atoms with Gasteiger partial charge in [0, 0.05) is 6.20 Å². The van der Waals surface area contributed by atoms with Gasteiger partial charge >= 0.3 is 0 Å². The van der Waals surface area contributed by atoms with Gasteiger partial charge in [0.25, 0.3) is 0 Å². The lowest BCUT2D eigenvalue weighted by molar-refractivity contribution is 0.572. The molecule has 0 spiro atoms. The number of hydrogen-bond donors (Lipinski definition) is 1. The second-order valence-electron chi connectivity index (χ2n) is 2.28. The summed E-state index contributed by atoms with van der Waals surface area (Å²) in [7, 11) is 0. The molecule has 0 unspecified atom stereocenters. The van der Waals surface area contributed by atoms with Crippen molar-refractivity contribution >= 4 is 5.69 Å². The first kappa shape index (κ1) is 6.84. The molecule has 2 N–H and O–H groups in total. The summed E-state index contributed by atoms with van der Waals surface area (Å²) in [6.45, 7) is 0. The number of anilines is 1. The molecule has 2 aromatic rings. The highest BCUT2D eigenvalue weighted by Gasteiger charge is 2.06. The van der Waals surface area contributed by atoms with Crippen molar-refractivity contribution in [3.05, 3.63) is 30.8 Å². The minimum Gasteiger partial charge on any atom is -0.443 e. The van der Waals surface area contributed by atoms with Crippen LogP contribution in [0.4, 0.5) is 5.69 Å². The number of nitrogen functional groups attached to an aromatic ring is 1. The van der Waals surface area contributed by atoms with E-state index in [1.54, 1.807) is 24.5 Å². The summed E-state index contributed by atoms with van der Waals surface area (Å²) in [6.07, 6.45) is 4.70. The highest BCUT2D eigenvalue weighted by molar-refractivity contribution is 5.65. The van der Waals surface area contributed by atoms with Gasteiger partial charge in [-0.2, -0.15) is 0 Å². The van der Waals surface area contributed by atoms with Crippen LogP contribution in [0.25, 0.3) is 11.6 Å². The largest absolute Gasteiger partial charge is 0.443 e. The molecule has 60 valence electrons. The standard InChI is InChI=1S/C8H7N3O/c9-6-2-1-3-10-7(6)8-11-4-5-12-8/h1-5H,9H2. The average Bonchev–Trinajstić information content (AvgIpc) is 2.57. The van der Waals surface area contributed by atoms with E-state index in [9.17, 15) is 0 Å². The SMILES string of the molecule is Nc1cccnc1-c1ncco1. The van der Waals surface area contributed by atoms with E-state index in [1.807, 2.05) is 0 Å². The number of aromatic nitrogens is 2. The fraction of sp³-hybridized carbons (Fsp3) is 0. The third-order valence-electron chi connectivity index (χ3n) is 1.47. The molecule has 4 nitrogen and oxygen atoms in total. The Morgan fingerprint density at radius 3 is 2.83 bits per heavy atom. The van der Waals surface area contributed by atoms with Crippen molar-refractivity contribution in [1.29, 1.82) is 0 Å². The highest BCUT2D eigenvalue weighted by Crippen LogP contribution is 2.19. The monoisotopic (exact) mass is 161 g/mol. The second kappa shape index (κ2) is 2.65. The fourth-order valence-corrected chi connectivity index (χ4v) is 0.937. The van der Waals surface area contributed by atoms with E-state index in [-0.39, 0.29) is 0 Å². The number of rotatable bonds is 1. The predicted molar refractivity (Wildman–Crippen MR) is 44.1 cm³/mol. The Morgan fingerprint density at radius 2 is 2.17 bits per heavy atom. The molecule has 0 atom stereocenters. The molecular weight excluding hydrogens is 154 g/mol. The van der Waals surface area contributed by atoms with Crippen LogP contribution in [0.5, 0.6) is 0 Å². The highest BCUT2D eigenvalue weighted by atomic mass is 16.3. The molecule has 2 aromatic heterocycles. The van der Waals surface area contributed by atoms with Gasteiger partial charge in [0.05, 0.1) is 11.9 Å². The Hall–Kier alpha value is -1.84. The van der Waals surface area contributed by atoms with E-state index >= 15 is 0 Å². The Kier molecular flexibility index (Phi) is 1.51. The lowest BCUT2D eigenvalue weighted by Gasteiger charge is -1.97. The Morgan fingerprint density at radius 1 is 1.25 bits per heavy atom. The third kappa shape index (κ3) is 1.03. The van der Waals surface area contributed by atoms with Gasteiger partial charge in [0.15, 0.2) is 0 Å². The van der Waals surface area contributed by atoms with Crippen LogP contribution in [0.1, 0.15) is 0 Å². The van der Waals surface area contributed by atoms with Gasteiger partial charge in [0.1, 0.15) is 12.0 Å². The van der Waals surface area contributed by atoms with Crippen LogP contribution in [-0.2, 0) is 0 Å². The van der Waals surface area contributed by atoms with Gasteiger partial charge in [-0.25, -0.2) is 9.97 Å².